The summed E-state index contributed by atoms with van der Waals surface area (Å²) in [5, 5.41) is 0. The molecule has 0 bridgehead atoms. The molecule has 9 nitrogen and oxygen atoms in total. The lowest BCUT2D eigenvalue weighted by atomic mass is 10.0. The maximum absolute atomic E-state index is 15.2. The first-order chi connectivity index (χ1) is 18.6. The summed E-state index contributed by atoms with van der Waals surface area (Å²) in [6.07, 6.45) is 3.62. The number of sulfonamides is 1. The Hall–Kier alpha value is -4.59. The van der Waals surface area contributed by atoms with Crippen LogP contribution in [-0.2, 0) is 14.8 Å². The Balaban J connectivity index is 1.75. The number of anilines is 3. The fourth-order valence-corrected chi connectivity index (χ4v) is 4.45. The molecule has 0 aliphatic carbocycles. The second-order valence-electron chi connectivity index (χ2n) is 7.87. The number of ether oxygens (including phenoxy) is 1. The standard InChI is InChI=1S/C25H19F4N5O4S/c1-3-23(35)34(22-6-5-15(13-32-22)39(36,37)33-25-30-7-4-8-31-25)20-12-17(26)16(11-21(20)38-2)14-9-18(27)24(29)19(28)10-14/h4-13H,3H2,1-2H3,(H,30,31,33). The van der Waals surface area contributed by atoms with Crippen molar-refractivity contribution < 1.29 is 35.5 Å². The van der Waals surface area contributed by atoms with Gasteiger partial charge in [0.25, 0.3) is 10.0 Å². The van der Waals surface area contributed by atoms with Gasteiger partial charge in [-0.15, -0.1) is 0 Å². The first kappa shape index (κ1) is 27.4. The number of hydrogen-bond donors (Lipinski definition) is 1. The SMILES string of the molecule is CCC(=O)N(c1ccc(S(=O)(=O)Nc2ncccn2)cn1)c1cc(F)c(-c2cc(F)c(F)c(F)c2)cc1OC. The van der Waals surface area contributed by atoms with E-state index < -0.39 is 39.2 Å². The molecule has 4 rings (SSSR count). The topological polar surface area (TPSA) is 114 Å². The number of nitrogens with zero attached hydrogens (tertiary/aromatic N) is 4. The summed E-state index contributed by atoms with van der Waals surface area (Å²) >= 11 is 0. The van der Waals surface area contributed by atoms with Crippen molar-refractivity contribution in [3.05, 3.63) is 84.3 Å². The molecule has 4 aromatic rings. The van der Waals surface area contributed by atoms with Gasteiger partial charge < -0.3 is 4.74 Å². The van der Waals surface area contributed by atoms with Gasteiger partial charge in [-0.2, -0.15) is 0 Å². The van der Waals surface area contributed by atoms with Crippen molar-refractivity contribution in [2.75, 3.05) is 16.7 Å². The van der Waals surface area contributed by atoms with Gasteiger partial charge >= 0.3 is 0 Å². The predicted molar refractivity (Wildman–Crippen MR) is 133 cm³/mol. The second-order valence-corrected chi connectivity index (χ2v) is 9.55. The molecule has 0 unspecified atom stereocenters. The minimum atomic E-state index is -4.13. The summed E-state index contributed by atoms with van der Waals surface area (Å²) < 4.78 is 89.0. The average molecular weight is 562 g/mol. The van der Waals surface area contributed by atoms with Crippen LogP contribution in [0.4, 0.5) is 35.0 Å². The number of nitrogens with one attached hydrogen (secondary N) is 1. The highest BCUT2D eigenvalue weighted by molar-refractivity contribution is 7.92. The number of amides is 1. The van der Waals surface area contributed by atoms with E-state index in [-0.39, 0.29) is 45.6 Å². The van der Waals surface area contributed by atoms with Crippen LogP contribution in [0, 0.1) is 23.3 Å². The van der Waals surface area contributed by atoms with E-state index in [1.807, 2.05) is 0 Å². The monoisotopic (exact) mass is 561 g/mol. The second kappa shape index (κ2) is 11.0. The van der Waals surface area contributed by atoms with E-state index in [1.54, 1.807) is 6.92 Å². The molecule has 0 aliphatic heterocycles. The quantitative estimate of drug-likeness (QED) is 0.238. The Morgan fingerprint density at radius 2 is 1.64 bits per heavy atom. The van der Waals surface area contributed by atoms with E-state index in [2.05, 4.69) is 19.7 Å². The zero-order chi connectivity index (χ0) is 28.3. The fourth-order valence-electron chi connectivity index (χ4n) is 3.55. The first-order valence-electron chi connectivity index (χ1n) is 11.2. The summed E-state index contributed by atoms with van der Waals surface area (Å²) in [5.41, 5.74) is -0.738. The molecule has 0 fully saturated rings. The molecule has 0 radical (unpaired) electrons. The molecule has 0 atom stereocenters. The highest BCUT2D eigenvalue weighted by Crippen LogP contribution is 2.39. The number of methoxy groups -OCH3 is 1. The van der Waals surface area contributed by atoms with E-state index in [0.717, 1.165) is 23.2 Å². The Morgan fingerprint density at radius 1 is 0.974 bits per heavy atom. The maximum atomic E-state index is 15.2. The van der Waals surface area contributed by atoms with Crippen LogP contribution in [0.1, 0.15) is 13.3 Å². The van der Waals surface area contributed by atoms with Crippen molar-refractivity contribution in [2.45, 2.75) is 18.2 Å². The van der Waals surface area contributed by atoms with E-state index in [1.165, 1.54) is 37.7 Å². The zero-order valence-corrected chi connectivity index (χ0v) is 21.1. The Kier molecular flexibility index (Phi) is 7.76. The van der Waals surface area contributed by atoms with E-state index >= 15 is 4.39 Å². The summed E-state index contributed by atoms with van der Waals surface area (Å²) in [7, 11) is -2.90. The van der Waals surface area contributed by atoms with E-state index in [9.17, 15) is 26.4 Å². The van der Waals surface area contributed by atoms with Crippen LogP contribution in [-0.4, -0.2) is 36.4 Å². The van der Waals surface area contributed by atoms with Crippen molar-refractivity contribution in [1.29, 1.82) is 0 Å². The lowest BCUT2D eigenvalue weighted by molar-refractivity contribution is -0.117. The first-order valence-corrected chi connectivity index (χ1v) is 12.6. The van der Waals surface area contributed by atoms with E-state index in [0.29, 0.717) is 12.1 Å². The molecule has 0 saturated carbocycles. The van der Waals surface area contributed by atoms with Crippen LogP contribution in [0.5, 0.6) is 5.75 Å². The third-order valence-electron chi connectivity index (χ3n) is 5.41. The number of carbonyl (C=O) groups is 1. The fraction of sp³-hybridized carbons (Fsp3) is 0.120. The molecule has 0 spiro atoms. The van der Waals surface area contributed by atoms with E-state index in [4.69, 9.17) is 4.74 Å². The number of benzene rings is 2. The largest absolute Gasteiger partial charge is 0.495 e. The third kappa shape index (κ3) is 5.65. The van der Waals surface area contributed by atoms with Gasteiger partial charge in [-0.05, 0) is 42.0 Å². The molecule has 0 aliphatic rings. The van der Waals surface area contributed by atoms with Crippen LogP contribution in [0.3, 0.4) is 0 Å². The Bertz CT molecular complexity index is 1620. The number of hydrogen-bond acceptors (Lipinski definition) is 7. The van der Waals surface area contributed by atoms with Gasteiger partial charge in [-0.1, -0.05) is 6.92 Å². The van der Waals surface area contributed by atoms with Gasteiger partial charge in [-0.25, -0.2) is 45.7 Å². The molecule has 1 N–H and O–H groups in total. The number of pyridine rings is 1. The van der Waals surface area contributed by atoms with Crippen LogP contribution in [0.25, 0.3) is 11.1 Å². The maximum Gasteiger partial charge on any atom is 0.265 e. The molecule has 14 heteroatoms. The number of halogens is 4. The average Bonchev–Trinajstić information content (AvgIpc) is 2.92. The molecule has 2 heterocycles. The molecule has 202 valence electrons. The predicted octanol–water partition coefficient (Wildman–Crippen LogP) is 4.98. The van der Waals surface area contributed by atoms with Crippen LogP contribution >= 0.6 is 0 Å². The summed E-state index contributed by atoms with van der Waals surface area (Å²) in [4.78, 5) is 25.3. The summed E-state index contributed by atoms with van der Waals surface area (Å²) in [6.45, 7) is 1.54. The summed E-state index contributed by atoms with van der Waals surface area (Å²) in [5.74, 6) is -6.60. The molecule has 0 saturated heterocycles. The molecule has 2 aromatic carbocycles. The van der Waals surface area contributed by atoms with Gasteiger partial charge in [0.2, 0.25) is 11.9 Å². The lowest BCUT2D eigenvalue weighted by Crippen LogP contribution is -2.26. The van der Waals surface area contributed by atoms with Gasteiger partial charge in [0, 0.05) is 36.6 Å². The summed E-state index contributed by atoms with van der Waals surface area (Å²) in [6, 6.07) is 7.14. The van der Waals surface area contributed by atoms with Crippen LogP contribution < -0.4 is 14.4 Å². The van der Waals surface area contributed by atoms with Gasteiger partial charge in [-0.3, -0.25) is 9.69 Å². The minimum Gasteiger partial charge on any atom is -0.495 e. The number of aromatic nitrogens is 3. The van der Waals surface area contributed by atoms with Crippen molar-refractivity contribution in [2.24, 2.45) is 0 Å². The van der Waals surface area contributed by atoms with Crippen molar-refractivity contribution in [1.82, 2.24) is 15.0 Å². The van der Waals surface area contributed by atoms with Gasteiger partial charge in [0.05, 0.1) is 12.8 Å². The van der Waals surface area contributed by atoms with Gasteiger partial charge in [0.1, 0.15) is 22.3 Å². The number of rotatable bonds is 8. The van der Waals surface area contributed by atoms with Crippen LogP contribution in [0.15, 0.2) is 66.0 Å². The molecule has 2 aromatic heterocycles. The highest BCUT2D eigenvalue weighted by Gasteiger charge is 2.26. The van der Waals surface area contributed by atoms with Crippen molar-refractivity contribution >= 4 is 33.4 Å². The number of carbonyl (C=O) groups excluding carboxylic acids is 1. The highest BCUT2D eigenvalue weighted by atomic mass is 32.2. The molecular weight excluding hydrogens is 542 g/mol. The Labute approximate surface area is 220 Å². The normalized spacial score (nSPS) is 11.2. The van der Waals surface area contributed by atoms with Crippen LogP contribution in [0.2, 0.25) is 0 Å². The minimum absolute atomic E-state index is 0.0600. The smallest absolute Gasteiger partial charge is 0.265 e. The lowest BCUT2D eigenvalue weighted by Gasteiger charge is -2.24. The van der Waals surface area contributed by atoms with Gasteiger partial charge in [0.15, 0.2) is 17.5 Å². The molecule has 1 amide bonds. The third-order valence-corrected chi connectivity index (χ3v) is 6.72. The molecular formula is C25H19F4N5O4S. The zero-order valence-electron chi connectivity index (χ0n) is 20.3. The Morgan fingerprint density at radius 3 is 2.21 bits per heavy atom. The molecule has 39 heavy (non-hydrogen) atoms. The van der Waals surface area contributed by atoms with Crippen molar-refractivity contribution in [3.8, 4) is 16.9 Å². The van der Waals surface area contributed by atoms with Crippen molar-refractivity contribution in [3.63, 3.8) is 0 Å².